The van der Waals surface area contributed by atoms with E-state index in [1.165, 1.54) is 6.20 Å². The summed E-state index contributed by atoms with van der Waals surface area (Å²) in [6.45, 7) is 1.82. The van der Waals surface area contributed by atoms with Crippen LogP contribution in [0.15, 0.2) is 16.9 Å². The van der Waals surface area contributed by atoms with E-state index in [0.717, 1.165) is 6.54 Å². The maximum absolute atomic E-state index is 11.0. The Bertz CT molecular complexity index is 570. The van der Waals surface area contributed by atoms with Gasteiger partial charge in [0.25, 0.3) is 0 Å². The van der Waals surface area contributed by atoms with Crippen LogP contribution < -0.4 is 16.0 Å². The van der Waals surface area contributed by atoms with Gasteiger partial charge in [-0.25, -0.2) is 9.78 Å². The fourth-order valence-electron chi connectivity index (χ4n) is 2.43. The van der Waals surface area contributed by atoms with Gasteiger partial charge in [0.1, 0.15) is 16.5 Å². The zero-order chi connectivity index (χ0) is 16.1. The highest BCUT2D eigenvalue weighted by Gasteiger charge is 2.23. The van der Waals surface area contributed by atoms with Crippen molar-refractivity contribution in [3.63, 3.8) is 0 Å². The summed E-state index contributed by atoms with van der Waals surface area (Å²) in [7, 11) is 0. The number of pyridine rings is 1. The normalized spacial score (nSPS) is 21.1. The number of nitrogens with zero attached hydrogens (tertiary/aromatic N) is 2. The first-order valence-corrected chi connectivity index (χ1v) is 7.49. The van der Waals surface area contributed by atoms with Crippen molar-refractivity contribution in [3.05, 3.63) is 27.0 Å². The van der Waals surface area contributed by atoms with E-state index in [2.05, 4.69) is 36.9 Å². The molecule has 0 radical (unpaired) electrons. The molecule has 1 fully saturated rings. The van der Waals surface area contributed by atoms with Crippen molar-refractivity contribution in [2.75, 3.05) is 25.0 Å². The molecule has 1 saturated heterocycles. The van der Waals surface area contributed by atoms with Gasteiger partial charge in [0.15, 0.2) is 0 Å². The molecule has 9 nitrogen and oxygen atoms in total. The number of amides is 1. The molecule has 0 spiro atoms. The second-order valence-electron chi connectivity index (χ2n) is 5.07. The zero-order valence-corrected chi connectivity index (χ0v) is 13.2. The van der Waals surface area contributed by atoms with Crippen LogP contribution in [0.5, 0.6) is 0 Å². The molecule has 1 aromatic rings. The predicted molar refractivity (Wildman–Crippen MR) is 83.0 cm³/mol. The molecule has 10 heteroatoms. The average Bonchev–Trinajstić information content (AvgIpc) is 2.44. The smallest absolute Gasteiger partial charge is 0.404 e. The number of aromatic nitrogens is 1. The molecule has 1 amide bonds. The van der Waals surface area contributed by atoms with E-state index in [1.807, 2.05) is 0 Å². The fourth-order valence-corrected chi connectivity index (χ4v) is 2.77. The molecule has 0 aromatic carbocycles. The molecule has 1 aromatic heterocycles. The fraction of sp³-hybridized carbons (Fsp3) is 0.500. The van der Waals surface area contributed by atoms with Gasteiger partial charge in [0, 0.05) is 25.2 Å². The van der Waals surface area contributed by atoms with Gasteiger partial charge in [-0.15, -0.1) is 0 Å². The molecular weight excluding hydrogens is 358 g/mol. The molecular formula is C12H16BrN5O4. The van der Waals surface area contributed by atoms with Crippen LogP contribution in [-0.4, -0.2) is 46.8 Å². The van der Waals surface area contributed by atoms with Gasteiger partial charge < -0.3 is 21.1 Å². The Hall–Kier alpha value is -1.94. The van der Waals surface area contributed by atoms with Crippen molar-refractivity contribution in [1.82, 2.24) is 15.6 Å². The Morgan fingerprint density at radius 1 is 1.59 bits per heavy atom. The Kier molecular flexibility index (Phi) is 5.50. The number of piperidine rings is 1. The molecule has 0 bridgehead atoms. The monoisotopic (exact) mass is 373 g/mol. The number of nitrogens with one attached hydrogen (secondary N) is 3. The third-order valence-electron chi connectivity index (χ3n) is 3.40. The standard InChI is InChI=1S/C12H16BrN5O4/c13-11-2-9(10(6-16-11)18(21)22)15-4-7-1-8(5-14-3-7)17-12(19)20/h2,6-8,14,17H,1,3-5H2,(H,15,16)(H,19,20). The first-order valence-electron chi connectivity index (χ1n) is 6.69. The molecule has 4 N–H and O–H groups in total. The highest BCUT2D eigenvalue weighted by molar-refractivity contribution is 9.10. The summed E-state index contributed by atoms with van der Waals surface area (Å²) in [6, 6.07) is 1.40. The Labute approximate surface area is 134 Å². The molecule has 0 aliphatic carbocycles. The predicted octanol–water partition coefficient (Wildman–Crippen LogP) is 1.41. The number of nitro groups is 1. The highest BCUT2D eigenvalue weighted by Crippen LogP contribution is 2.26. The summed E-state index contributed by atoms with van der Waals surface area (Å²) >= 11 is 3.19. The van der Waals surface area contributed by atoms with Crippen LogP contribution in [0.3, 0.4) is 0 Å². The number of carboxylic acid groups (broad SMARTS) is 1. The summed E-state index contributed by atoms with van der Waals surface area (Å²) in [5, 5.41) is 28.4. The third kappa shape index (κ3) is 4.53. The van der Waals surface area contributed by atoms with Crippen molar-refractivity contribution in [2.45, 2.75) is 12.5 Å². The summed E-state index contributed by atoms with van der Waals surface area (Å²) < 4.78 is 0.507. The van der Waals surface area contributed by atoms with E-state index in [4.69, 9.17) is 5.11 Å². The van der Waals surface area contributed by atoms with Crippen molar-refractivity contribution >= 4 is 33.4 Å². The molecule has 0 saturated carbocycles. The van der Waals surface area contributed by atoms with Crippen molar-refractivity contribution in [3.8, 4) is 0 Å². The number of hydrogen-bond donors (Lipinski definition) is 4. The van der Waals surface area contributed by atoms with Crippen LogP contribution in [0.2, 0.25) is 0 Å². The Balaban J connectivity index is 1.96. The zero-order valence-electron chi connectivity index (χ0n) is 11.6. The first kappa shape index (κ1) is 16.4. The lowest BCUT2D eigenvalue weighted by Crippen LogP contribution is -2.49. The number of rotatable bonds is 5. The molecule has 22 heavy (non-hydrogen) atoms. The van der Waals surface area contributed by atoms with Gasteiger partial charge in [0.05, 0.1) is 4.92 Å². The lowest BCUT2D eigenvalue weighted by Gasteiger charge is -2.30. The van der Waals surface area contributed by atoms with E-state index < -0.39 is 11.0 Å². The van der Waals surface area contributed by atoms with Gasteiger partial charge in [0.2, 0.25) is 0 Å². The third-order valence-corrected chi connectivity index (χ3v) is 3.83. The topological polar surface area (TPSA) is 129 Å². The molecule has 1 aliphatic rings. The minimum atomic E-state index is -1.05. The van der Waals surface area contributed by atoms with Crippen LogP contribution >= 0.6 is 15.9 Å². The first-order chi connectivity index (χ1) is 10.5. The second-order valence-corrected chi connectivity index (χ2v) is 5.88. The second kappa shape index (κ2) is 7.36. The summed E-state index contributed by atoms with van der Waals surface area (Å²) in [6.07, 6.45) is 0.821. The number of hydrogen-bond acceptors (Lipinski definition) is 6. The Morgan fingerprint density at radius 3 is 3.05 bits per heavy atom. The van der Waals surface area contributed by atoms with Crippen LogP contribution in [0.25, 0.3) is 0 Å². The maximum atomic E-state index is 11.0. The summed E-state index contributed by atoms with van der Waals surface area (Å²) in [5.41, 5.74) is 0.298. The van der Waals surface area contributed by atoms with Crippen LogP contribution in [0.1, 0.15) is 6.42 Å². The molecule has 2 rings (SSSR count). The minimum Gasteiger partial charge on any atom is -0.465 e. The van der Waals surface area contributed by atoms with Gasteiger partial charge in [-0.05, 0) is 34.8 Å². The van der Waals surface area contributed by atoms with Gasteiger partial charge >= 0.3 is 11.8 Å². The summed E-state index contributed by atoms with van der Waals surface area (Å²) in [4.78, 5) is 25.0. The van der Waals surface area contributed by atoms with Crippen LogP contribution in [-0.2, 0) is 0 Å². The largest absolute Gasteiger partial charge is 0.465 e. The van der Waals surface area contributed by atoms with E-state index >= 15 is 0 Å². The van der Waals surface area contributed by atoms with Crippen molar-refractivity contribution < 1.29 is 14.8 Å². The van der Waals surface area contributed by atoms with E-state index in [9.17, 15) is 14.9 Å². The van der Waals surface area contributed by atoms with Crippen LogP contribution in [0.4, 0.5) is 16.2 Å². The molecule has 2 unspecified atom stereocenters. The Morgan fingerprint density at radius 2 is 2.36 bits per heavy atom. The van der Waals surface area contributed by atoms with Gasteiger partial charge in [-0.3, -0.25) is 10.1 Å². The molecule has 120 valence electrons. The molecule has 1 aliphatic heterocycles. The molecule has 2 heterocycles. The van der Waals surface area contributed by atoms with Crippen molar-refractivity contribution in [1.29, 1.82) is 0 Å². The van der Waals surface area contributed by atoms with E-state index in [0.29, 0.717) is 29.8 Å². The number of halogens is 1. The lowest BCUT2D eigenvalue weighted by molar-refractivity contribution is -0.384. The van der Waals surface area contributed by atoms with E-state index in [-0.39, 0.29) is 17.6 Å². The van der Waals surface area contributed by atoms with Crippen LogP contribution in [0, 0.1) is 16.0 Å². The van der Waals surface area contributed by atoms with Gasteiger partial charge in [-0.2, -0.15) is 0 Å². The summed E-state index contributed by atoms with van der Waals surface area (Å²) in [5.74, 6) is 0.164. The number of anilines is 1. The molecule has 2 atom stereocenters. The van der Waals surface area contributed by atoms with Gasteiger partial charge in [-0.1, -0.05) is 0 Å². The lowest BCUT2D eigenvalue weighted by atomic mass is 9.95. The maximum Gasteiger partial charge on any atom is 0.404 e. The highest BCUT2D eigenvalue weighted by atomic mass is 79.9. The van der Waals surface area contributed by atoms with E-state index in [1.54, 1.807) is 6.07 Å². The van der Waals surface area contributed by atoms with Crippen molar-refractivity contribution in [2.24, 2.45) is 5.92 Å². The quantitative estimate of drug-likeness (QED) is 0.348. The SMILES string of the molecule is O=C(O)NC1CNCC(CNc2cc(Br)ncc2[N+](=O)[O-])C1. The minimum absolute atomic E-state index is 0.0906. The number of carbonyl (C=O) groups is 1. The average molecular weight is 374 g/mol.